The van der Waals surface area contributed by atoms with Crippen LogP contribution in [0.3, 0.4) is 0 Å². The van der Waals surface area contributed by atoms with Crippen molar-refractivity contribution in [2.75, 3.05) is 5.75 Å². The average molecular weight is 232 g/mol. The van der Waals surface area contributed by atoms with Crippen molar-refractivity contribution in [2.24, 2.45) is 0 Å². The van der Waals surface area contributed by atoms with E-state index in [1.165, 1.54) is 10.5 Å². The highest BCUT2D eigenvalue weighted by Gasteiger charge is 2.04. The largest absolute Gasteiger partial charge is 0.299 e. The first-order valence-electron chi connectivity index (χ1n) is 5.37. The zero-order valence-electron chi connectivity index (χ0n) is 9.53. The standard InChI is InChI=1S/C14H16OS/c1-3-4-5-9-13(15)11-16-14-10-7-6-8-12(14)2/h1,6-8,10H,4-5,9,11H2,2H3. The highest BCUT2D eigenvalue weighted by atomic mass is 32.2. The molecule has 0 atom stereocenters. The summed E-state index contributed by atoms with van der Waals surface area (Å²) in [6.45, 7) is 2.06. The third-order valence-corrected chi connectivity index (χ3v) is 3.49. The van der Waals surface area contributed by atoms with Crippen LogP contribution in [0.4, 0.5) is 0 Å². The van der Waals surface area contributed by atoms with Crippen molar-refractivity contribution in [1.82, 2.24) is 0 Å². The van der Waals surface area contributed by atoms with Crippen LogP contribution in [0, 0.1) is 19.3 Å². The molecule has 0 saturated carbocycles. The molecule has 0 heterocycles. The van der Waals surface area contributed by atoms with Gasteiger partial charge in [-0.2, -0.15) is 0 Å². The molecule has 0 N–H and O–H groups in total. The maximum atomic E-state index is 11.5. The Hall–Kier alpha value is -1.20. The number of thioether (sulfide) groups is 1. The number of carbonyl (C=O) groups is 1. The fourth-order valence-electron chi connectivity index (χ4n) is 1.34. The molecule has 1 aromatic rings. The number of ketones is 1. The Morgan fingerprint density at radius 3 is 2.88 bits per heavy atom. The predicted molar refractivity (Wildman–Crippen MR) is 69.6 cm³/mol. The summed E-state index contributed by atoms with van der Waals surface area (Å²) in [6.07, 6.45) is 7.24. The van der Waals surface area contributed by atoms with E-state index in [9.17, 15) is 4.79 Å². The summed E-state index contributed by atoms with van der Waals surface area (Å²) in [4.78, 5) is 12.7. The molecule has 0 aromatic heterocycles. The minimum atomic E-state index is 0.281. The first-order chi connectivity index (χ1) is 7.74. The lowest BCUT2D eigenvalue weighted by molar-refractivity contribution is -0.116. The van der Waals surface area contributed by atoms with Crippen LogP contribution in [0.15, 0.2) is 29.2 Å². The Bertz CT molecular complexity index is 390. The quantitative estimate of drug-likeness (QED) is 0.424. The fraction of sp³-hybridized carbons (Fsp3) is 0.357. The van der Waals surface area contributed by atoms with Gasteiger partial charge in [0.15, 0.2) is 0 Å². The molecule has 2 heteroatoms. The van der Waals surface area contributed by atoms with Crippen LogP contribution in [0.2, 0.25) is 0 Å². The van der Waals surface area contributed by atoms with Crippen LogP contribution in [0.5, 0.6) is 0 Å². The zero-order chi connectivity index (χ0) is 11.8. The number of hydrogen-bond acceptors (Lipinski definition) is 2. The summed E-state index contributed by atoms with van der Waals surface area (Å²) >= 11 is 1.61. The topological polar surface area (TPSA) is 17.1 Å². The predicted octanol–water partition coefficient (Wildman–Crippen LogP) is 3.46. The number of unbranched alkanes of at least 4 members (excludes halogenated alkanes) is 1. The smallest absolute Gasteiger partial charge is 0.143 e. The highest BCUT2D eigenvalue weighted by Crippen LogP contribution is 2.22. The van der Waals surface area contributed by atoms with E-state index in [0.29, 0.717) is 18.6 Å². The van der Waals surface area contributed by atoms with E-state index < -0.39 is 0 Å². The molecule has 1 rings (SSSR count). The first-order valence-corrected chi connectivity index (χ1v) is 6.36. The van der Waals surface area contributed by atoms with Gasteiger partial charge in [0.25, 0.3) is 0 Å². The third-order valence-electron chi connectivity index (χ3n) is 2.26. The van der Waals surface area contributed by atoms with Crippen molar-refractivity contribution >= 4 is 17.5 Å². The van der Waals surface area contributed by atoms with Gasteiger partial charge in [-0.05, 0) is 25.0 Å². The first kappa shape index (κ1) is 12.9. The lowest BCUT2D eigenvalue weighted by Gasteiger charge is -2.03. The number of benzene rings is 1. The summed E-state index contributed by atoms with van der Waals surface area (Å²) in [5.74, 6) is 3.38. The number of hydrogen-bond donors (Lipinski definition) is 0. The summed E-state index contributed by atoms with van der Waals surface area (Å²) in [7, 11) is 0. The van der Waals surface area contributed by atoms with Gasteiger partial charge in [0.05, 0.1) is 5.75 Å². The van der Waals surface area contributed by atoms with Crippen LogP contribution < -0.4 is 0 Å². The molecule has 0 spiro atoms. The van der Waals surface area contributed by atoms with Gasteiger partial charge >= 0.3 is 0 Å². The molecule has 0 amide bonds. The summed E-state index contributed by atoms with van der Waals surface area (Å²) in [6, 6.07) is 8.12. The number of terminal acetylenes is 1. The van der Waals surface area contributed by atoms with Crippen molar-refractivity contribution in [3.8, 4) is 12.3 Å². The summed E-state index contributed by atoms with van der Waals surface area (Å²) in [5.41, 5.74) is 1.23. The lowest BCUT2D eigenvalue weighted by atomic mass is 10.2. The number of Topliss-reactive ketones (excluding diaryl/α,β-unsaturated/α-hetero) is 1. The molecule has 1 nitrogen and oxygen atoms in total. The normalized spacial score (nSPS) is 9.75. The van der Waals surface area contributed by atoms with Gasteiger partial charge in [-0.15, -0.1) is 24.1 Å². The number of rotatable bonds is 6. The molecule has 0 fully saturated rings. The maximum Gasteiger partial charge on any atom is 0.143 e. The molecule has 0 bridgehead atoms. The SMILES string of the molecule is C#CCCCC(=O)CSc1ccccc1C. The van der Waals surface area contributed by atoms with E-state index in [1.54, 1.807) is 11.8 Å². The second-order valence-electron chi connectivity index (χ2n) is 3.65. The average Bonchev–Trinajstić information content (AvgIpc) is 2.28. The van der Waals surface area contributed by atoms with Crippen LogP contribution in [-0.2, 0) is 4.79 Å². The lowest BCUT2D eigenvalue weighted by Crippen LogP contribution is -2.00. The van der Waals surface area contributed by atoms with Crippen molar-refractivity contribution < 1.29 is 4.79 Å². The zero-order valence-corrected chi connectivity index (χ0v) is 10.3. The molecule has 0 radical (unpaired) electrons. The Morgan fingerprint density at radius 1 is 1.44 bits per heavy atom. The van der Waals surface area contributed by atoms with E-state index in [4.69, 9.17) is 6.42 Å². The molecular weight excluding hydrogens is 216 g/mol. The maximum absolute atomic E-state index is 11.5. The van der Waals surface area contributed by atoms with Gasteiger partial charge in [0.1, 0.15) is 5.78 Å². The van der Waals surface area contributed by atoms with Gasteiger partial charge in [0, 0.05) is 17.7 Å². The van der Waals surface area contributed by atoms with Crippen LogP contribution in [-0.4, -0.2) is 11.5 Å². The molecule has 0 saturated heterocycles. The third kappa shape index (κ3) is 4.55. The minimum absolute atomic E-state index is 0.281. The van der Waals surface area contributed by atoms with E-state index in [2.05, 4.69) is 25.0 Å². The number of aryl methyl sites for hydroxylation is 1. The van der Waals surface area contributed by atoms with Gasteiger partial charge in [-0.25, -0.2) is 0 Å². The Morgan fingerprint density at radius 2 is 2.19 bits per heavy atom. The molecule has 16 heavy (non-hydrogen) atoms. The van der Waals surface area contributed by atoms with E-state index in [-0.39, 0.29) is 5.78 Å². The Kier molecular flexibility index (Phi) is 5.74. The minimum Gasteiger partial charge on any atom is -0.299 e. The molecule has 0 aliphatic heterocycles. The van der Waals surface area contributed by atoms with Crippen LogP contribution >= 0.6 is 11.8 Å². The molecule has 0 unspecified atom stereocenters. The summed E-state index contributed by atoms with van der Waals surface area (Å²) < 4.78 is 0. The van der Waals surface area contributed by atoms with E-state index >= 15 is 0 Å². The van der Waals surface area contributed by atoms with Crippen LogP contribution in [0.1, 0.15) is 24.8 Å². The van der Waals surface area contributed by atoms with Crippen molar-refractivity contribution in [2.45, 2.75) is 31.1 Å². The molecule has 1 aromatic carbocycles. The van der Waals surface area contributed by atoms with E-state index in [0.717, 1.165) is 6.42 Å². The van der Waals surface area contributed by atoms with Crippen molar-refractivity contribution in [1.29, 1.82) is 0 Å². The Labute approximate surface area is 102 Å². The van der Waals surface area contributed by atoms with Crippen molar-refractivity contribution in [3.63, 3.8) is 0 Å². The highest BCUT2D eigenvalue weighted by molar-refractivity contribution is 8.00. The summed E-state index contributed by atoms with van der Waals surface area (Å²) in [5, 5.41) is 0. The van der Waals surface area contributed by atoms with Gasteiger partial charge in [-0.1, -0.05) is 18.2 Å². The van der Waals surface area contributed by atoms with Gasteiger partial charge in [0.2, 0.25) is 0 Å². The second-order valence-corrected chi connectivity index (χ2v) is 4.67. The molecule has 0 aliphatic carbocycles. The Balaban J connectivity index is 2.32. The van der Waals surface area contributed by atoms with E-state index in [1.807, 2.05) is 12.1 Å². The van der Waals surface area contributed by atoms with Crippen LogP contribution in [0.25, 0.3) is 0 Å². The second kappa shape index (κ2) is 7.14. The fourth-order valence-corrected chi connectivity index (χ4v) is 2.27. The molecule has 0 aliphatic rings. The van der Waals surface area contributed by atoms with Gasteiger partial charge in [-0.3, -0.25) is 4.79 Å². The number of carbonyl (C=O) groups excluding carboxylic acids is 1. The monoisotopic (exact) mass is 232 g/mol. The molecular formula is C14H16OS. The molecule has 84 valence electrons. The van der Waals surface area contributed by atoms with Crippen molar-refractivity contribution in [3.05, 3.63) is 29.8 Å². The van der Waals surface area contributed by atoms with Gasteiger partial charge < -0.3 is 0 Å².